The van der Waals surface area contributed by atoms with Crippen LogP contribution in [0.4, 0.5) is 5.95 Å². The number of anilines is 1. The van der Waals surface area contributed by atoms with Gasteiger partial charge in [0.15, 0.2) is 0 Å². The van der Waals surface area contributed by atoms with Gasteiger partial charge in [0.2, 0.25) is 5.95 Å². The number of hydrogen-bond acceptors (Lipinski definition) is 4. The normalized spacial score (nSPS) is 14.8. The average Bonchev–Trinajstić information content (AvgIpc) is 3.23. The van der Waals surface area contributed by atoms with Crippen molar-refractivity contribution >= 4 is 5.95 Å². The van der Waals surface area contributed by atoms with Crippen LogP contribution in [0.15, 0.2) is 12.4 Å². The Morgan fingerprint density at radius 3 is 2.56 bits per heavy atom. The molecule has 0 radical (unpaired) electrons. The molecule has 0 aliphatic heterocycles. The van der Waals surface area contributed by atoms with Crippen LogP contribution in [0.5, 0.6) is 0 Å². The second-order valence-corrected chi connectivity index (χ2v) is 4.98. The fourth-order valence-corrected chi connectivity index (χ4v) is 1.90. The van der Waals surface area contributed by atoms with E-state index in [-0.39, 0.29) is 0 Å². The van der Waals surface area contributed by atoms with Crippen molar-refractivity contribution < 1.29 is 0 Å². The van der Waals surface area contributed by atoms with Crippen LogP contribution in [-0.4, -0.2) is 29.1 Å². The van der Waals surface area contributed by atoms with Crippen molar-refractivity contribution in [2.75, 3.05) is 18.0 Å². The number of hydrogen-bond donors (Lipinski definition) is 1. The summed E-state index contributed by atoms with van der Waals surface area (Å²) in [6.45, 7) is 7.28. The number of rotatable bonds is 8. The zero-order valence-corrected chi connectivity index (χ0v) is 11.5. The molecule has 0 saturated heterocycles. The molecule has 100 valence electrons. The first-order valence-corrected chi connectivity index (χ1v) is 7.12. The Bertz CT molecular complexity index is 345. The number of unbranched alkanes of at least 4 members (excludes halogenated alkanes) is 1. The van der Waals surface area contributed by atoms with Gasteiger partial charge < -0.3 is 10.2 Å². The standard InChI is InChI=1S/C14H24N4/c1-3-5-8-18(4-2)14-16-10-12(11-17-14)9-15-13-6-7-13/h10-11,13,15H,3-9H2,1-2H3. The molecule has 1 N–H and O–H groups in total. The Morgan fingerprint density at radius 2 is 2.00 bits per heavy atom. The van der Waals surface area contributed by atoms with Gasteiger partial charge in [0, 0.05) is 43.6 Å². The maximum absolute atomic E-state index is 4.48. The zero-order chi connectivity index (χ0) is 12.8. The van der Waals surface area contributed by atoms with E-state index in [1.54, 1.807) is 0 Å². The lowest BCUT2D eigenvalue weighted by Gasteiger charge is -2.20. The first-order valence-electron chi connectivity index (χ1n) is 7.12. The average molecular weight is 248 g/mol. The highest BCUT2D eigenvalue weighted by Gasteiger charge is 2.20. The maximum Gasteiger partial charge on any atom is 0.225 e. The Morgan fingerprint density at radius 1 is 1.28 bits per heavy atom. The maximum atomic E-state index is 4.48. The molecule has 1 fully saturated rings. The molecular weight excluding hydrogens is 224 g/mol. The number of nitrogens with zero attached hydrogens (tertiary/aromatic N) is 3. The highest BCUT2D eigenvalue weighted by atomic mass is 15.2. The molecule has 0 spiro atoms. The van der Waals surface area contributed by atoms with Crippen molar-refractivity contribution in [2.45, 2.75) is 52.1 Å². The van der Waals surface area contributed by atoms with Gasteiger partial charge in [-0.1, -0.05) is 13.3 Å². The predicted octanol–water partition coefficient (Wildman–Crippen LogP) is 2.36. The quantitative estimate of drug-likeness (QED) is 0.767. The molecule has 4 heteroatoms. The van der Waals surface area contributed by atoms with Crippen LogP contribution < -0.4 is 10.2 Å². The van der Waals surface area contributed by atoms with Crippen molar-refractivity contribution in [1.29, 1.82) is 0 Å². The van der Waals surface area contributed by atoms with E-state index in [2.05, 4.69) is 34.0 Å². The van der Waals surface area contributed by atoms with Crippen LogP contribution in [0.2, 0.25) is 0 Å². The monoisotopic (exact) mass is 248 g/mol. The summed E-state index contributed by atoms with van der Waals surface area (Å²) >= 11 is 0. The van der Waals surface area contributed by atoms with Crippen LogP contribution in [0.3, 0.4) is 0 Å². The Kier molecular flexibility index (Phi) is 4.93. The molecule has 2 rings (SSSR count). The molecule has 0 amide bonds. The van der Waals surface area contributed by atoms with E-state index in [1.165, 1.54) is 31.2 Å². The van der Waals surface area contributed by atoms with Gasteiger partial charge in [0.05, 0.1) is 0 Å². The summed E-state index contributed by atoms with van der Waals surface area (Å²) in [5.41, 5.74) is 1.18. The summed E-state index contributed by atoms with van der Waals surface area (Å²) in [5, 5.41) is 3.48. The topological polar surface area (TPSA) is 41.1 Å². The van der Waals surface area contributed by atoms with Gasteiger partial charge in [-0.15, -0.1) is 0 Å². The molecule has 0 aromatic carbocycles. The Balaban J connectivity index is 1.87. The van der Waals surface area contributed by atoms with E-state index >= 15 is 0 Å². The molecule has 1 saturated carbocycles. The predicted molar refractivity (Wildman–Crippen MR) is 74.7 cm³/mol. The molecule has 1 aliphatic rings. The Labute approximate surface area is 110 Å². The van der Waals surface area contributed by atoms with Crippen LogP contribution in [0.25, 0.3) is 0 Å². The van der Waals surface area contributed by atoms with Crippen molar-refractivity contribution in [3.63, 3.8) is 0 Å². The van der Waals surface area contributed by atoms with Crippen LogP contribution in [0.1, 0.15) is 45.1 Å². The second kappa shape index (κ2) is 6.69. The van der Waals surface area contributed by atoms with Crippen molar-refractivity contribution in [1.82, 2.24) is 15.3 Å². The number of aromatic nitrogens is 2. The van der Waals surface area contributed by atoms with Gasteiger partial charge >= 0.3 is 0 Å². The van der Waals surface area contributed by atoms with E-state index in [1.807, 2.05) is 12.4 Å². The van der Waals surface area contributed by atoms with Gasteiger partial charge in [-0.3, -0.25) is 0 Å². The number of nitrogens with one attached hydrogen (secondary N) is 1. The van der Waals surface area contributed by atoms with Gasteiger partial charge in [-0.2, -0.15) is 0 Å². The van der Waals surface area contributed by atoms with Gasteiger partial charge in [0.1, 0.15) is 0 Å². The summed E-state index contributed by atoms with van der Waals surface area (Å²) in [6.07, 6.45) is 8.94. The van der Waals surface area contributed by atoms with Gasteiger partial charge in [0.25, 0.3) is 0 Å². The van der Waals surface area contributed by atoms with E-state index in [9.17, 15) is 0 Å². The third kappa shape index (κ3) is 3.95. The lowest BCUT2D eigenvalue weighted by atomic mass is 10.3. The fraction of sp³-hybridized carbons (Fsp3) is 0.714. The van der Waals surface area contributed by atoms with Crippen molar-refractivity contribution in [2.24, 2.45) is 0 Å². The van der Waals surface area contributed by atoms with E-state index in [0.29, 0.717) is 0 Å². The van der Waals surface area contributed by atoms with Gasteiger partial charge in [-0.25, -0.2) is 9.97 Å². The molecule has 0 atom stereocenters. The van der Waals surface area contributed by atoms with Crippen LogP contribution in [0, 0.1) is 0 Å². The third-order valence-electron chi connectivity index (χ3n) is 3.31. The summed E-state index contributed by atoms with van der Waals surface area (Å²) < 4.78 is 0. The second-order valence-electron chi connectivity index (χ2n) is 4.98. The van der Waals surface area contributed by atoms with Crippen LogP contribution >= 0.6 is 0 Å². The van der Waals surface area contributed by atoms with E-state index in [0.717, 1.165) is 31.6 Å². The molecule has 1 aromatic heterocycles. The molecule has 0 unspecified atom stereocenters. The Hall–Kier alpha value is -1.16. The smallest absolute Gasteiger partial charge is 0.225 e. The minimum atomic E-state index is 0.737. The summed E-state index contributed by atoms with van der Waals surface area (Å²) in [4.78, 5) is 11.2. The molecular formula is C14H24N4. The molecule has 1 heterocycles. The first kappa shape index (κ1) is 13.3. The van der Waals surface area contributed by atoms with Gasteiger partial charge in [-0.05, 0) is 26.2 Å². The van der Waals surface area contributed by atoms with E-state index < -0.39 is 0 Å². The fourth-order valence-electron chi connectivity index (χ4n) is 1.90. The summed E-state index contributed by atoms with van der Waals surface area (Å²) in [5.74, 6) is 0.862. The lowest BCUT2D eigenvalue weighted by Crippen LogP contribution is -2.26. The minimum Gasteiger partial charge on any atom is -0.341 e. The summed E-state index contributed by atoms with van der Waals surface area (Å²) in [7, 11) is 0. The van der Waals surface area contributed by atoms with E-state index in [4.69, 9.17) is 0 Å². The zero-order valence-electron chi connectivity index (χ0n) is 11.5. The third-order valence-corrected chi connectivity index (χ3v) is 3.31. The first-order chi connectivity index (χ1) is 8.83. The molecule has 18 heavy (non-hydrogen) atoms. The van der Waals surface area contributed by atoms with Crippen LogP contribution in [-0.2, 0) is 6.54 Å². The minimum absolute atomic E-state index is 0.737. The summed E-state index contributed by atoms with van der Waals surface area (Å²) in [6, 6.07) is 0.737. The van der Waals surface area contributed by atoms with Crippen molar-refractivity contribution in [3.8, 4) is 0 Å². The highest BCUT2D eigenvalue weighted by Crippen LogP contribution is 2.19. The lowest BCUT2D eigenvalue weighted by molar-refractivity contribution is 0.678. The molecule has 1 aliphatic carbocycles. The SMILES string of the molecule is CCCCN(CC)c1ncc(CNC2CC2)cn1. The van der Waals surface area contributed by atoms with Crippen molar-refractivity contribution in [3.05, 3.63) is 18.0 Å². The molecule has 1 aromatic rings. The molecule has 0 bridgehead atoms. The highest BCUT2D eigenvalue weighted by molar-refractivity contribution is 5.29. The largest absolute Gasteiger partial charge is 0.341 e. The molecule has 4 nitrogen and oxygen atoms in total.